The molecule has 0 aliphatic carbocycles. The lowest BCUT2D eigenvalue weighted by Crippen LogP contribution is -2.07. The Labute approximate surface area is 92.5 Å². The molecule has 0 bridgehead atoms. The van der Waals surface area contributed by atoms with Crippen LogP contribution in [0.2, 0.25) is 0 Å². The topological polar surface area (TPSA) is 67.2 Å². The van der Waals surface area contributed by atoms with E-state index in [-0.39, 0.29) is 4.90 Å². The first-order chi connectivity index (χ1) is 6.93. The fourth-order valence-corrected chi connectivity index (χ4v) is 1.68. The van der Waals surface area contributed by atoms with Crippen LogP contribution in [0.25, 0.3) is 0 Å². The molecular formula is C9H8ClNO3S. The zero-order chi connectivity index (χ0) is 11.5. The van der Waals surface area contributed by atoms with Gasteiger partial charge in [0, 0.05) is 10.7 Å². The average Bonchev–Trinajstić information content (AvgIpc) is 2.17. The standard InChI is InChI=1S/C9H8ClNO3S/c1-7(6-11)14-8-2-4-9(5-3-8)15(10,12)13/h2-5,7H,1H3. The Bertz CT molecular complexity index is 475. The van der Waals surface area contributed by atoms with E-state index in [1.54, 1.807) is 6.92 Å². The van der Waals surface area contributed by atoms with Crippen LogP contribution in [0.1, 0.15) is 6.92 Å². The van der Waals surface area contributed by atoms with Gasteiger partial charge >= 0.3 is 0 Å². The molecule has 1 unspecified atom stereocenters. The van der Waals surface area contributed by atoms with E-state index in [0.29, 0.717) is 5.75 Å². The van der Waals surface area contributed by atoms with E-state index in [4.69, 9.17) is 20.7 Å². The third kappa shape index (κ3) is 3.42. The summed E-state index contributed by atoms with van der Waals surface area (Å²) in [5.41, 5.74) is 0. The second-order valence-corrected chi connectivity index (χ2v) is 5.36. The highest BCUT2D eigenvalue weighted by molar-refractivity contribution is 8.13. The maximum Gasteiger partial charge on any atom is 0.261 e. The molecule has 1 rings (SSSR count). The summed E-state index contributed by atoms with van der Waals surface area (Å²) in [4.78, 5) is 0.00104. The average molecular weight is 246 g/mol. The number of ether oxygens (including phenoxy) is 1. The van der Waals surface area contributed by atoms with E-state index in [2.05, 4.69) is 0 Å². The van der Waals surface area contributed by atoms with Gasteiger partial charge in [-0.25, -0.2) is 8.42 Å². The number of nitriles is 1. The van der Waals surface area contributed by atoms with E-state index in [9.17, 15) is 8.42 Å². The normalized spacial score (nSPS) is 12.9. The van der Waals surface area contributed by atoms with Crippen LogP contribution in [-0.4, -0.2) is 14.5 Å². The molecule has 0 saturated carbocycles. The molecule has 1 aromatic rings. The second kappa shape index (κ2) is 4.51. The molecule has 0 N–H and O–H groups in total. The molecule has 0 saturated heterocycles. The van der Waals surface area contributed by atoms with Gasteiger partial charge in [-0.2, -0.15) is 5.26 Å². The fourth-order valence-electron chi connectivity index (χ4n) is 0.911. The fraction of sp³-hybridized carbons (Fsp3) is 0.222. The van der Waals surface area contributed by atoms with Crippen LogP contribution in [0, 0.1) is 11.3 Å². The summed E-state index contributed by atoms with van der Waals surface area (Å²) in [6.45, 7) is 1.59. The van der Waals surface area contributed by atoms with Crippen molar-refractivity contribution in [3.8, 4) is 11.8 Å². The van der Waals surface area contributed by atoms with E-state index in [1.165, 1.54) is 24.3 Å². The molecule has 0 aliphatic rings. The molecule has 0 amide bonds. The lowest BCUT2D eigenvalue weighted by Gasteiger charge is -2.07. The van der Waals surface area contributed by atoms with Gasteiger partial charge in [0.2, 0.25) is 0 Å². The van der Waals surface area contributed by atoms with Crippen molar-refractivity contribution in [2.45, 2.75) is 17.9 Å². The predicted molar refractivity (Wildman–Crippen MR) is 55.2 cm³/mol. The highest BCUT2D eigenvalue weighted by Gasteiger charge is 2.09. The Kier molecular flexibility index (Phi) is 3.56. The van der Waals surface area contributed by atoms with Crippen LogP contribution >= 0.6 is 10.7 Å². The lowest BCUT2D eigenvalue weighted by atomic mass is 10.3. The van der Waals surface area contributed by atoms with Gasteiger partial charge in [0.25, 0.3) is 9.05 Å². The first kappa shape index (κ1) is 11.8. The number of rotatable bonds is 3. The minimum absolute atomic E-state index is 0.00104. The zero-order valence-corrected chi connectivity index (χ0v) is 9.42. The summed E-state index contributed by atoms with van der Waals surface area (Å²) in [6.07, 6.45) is -0.580. The number of benzene rings is 1. The van der Waals surface area contributed by atoms with Crippen molar-refractivity contribution in [3.05, 3.63) is 24.3 Å². The summed E-state index contributed by atoms with van der Waals surface area (Å²) in [6, 6.07) is 7.43. The Balaban J connectivity index is 2.88. The third-order valence-electron chi connectivity index (χ3n) is 1.60. The van der Waals surface area contributed by atoms with Crippen molar-refractivity contribution in [1.82, 2.24) is 0 Å². The first-order valence-electron chi connectivity index (χ1n) is 4.04. The van der Waals surface area contributed by atoms with Gasteiger partial charge in [0.15, 0.2) is 6.10 Å². The van der Waals surface area contributed by atoms with Crippen molar-refractivity contribution in [1.29, 1.82) is 5.26 Å². The molecule has 0 fully saturated rings. The van der Waals surface area contributed by atoms with Crippen molar-refractivity contribution in [3.63, 3.8) is 0 Å². The second-order valence-electron chi connectivity index (χ2n) is 2.80. The number of nitrogens with zero attached hydrogens (tertiary/aromatic N) is 1. The van der Waals surface area contributed by atoms with E-state index in [1.807, 2.05) is 6.07 Å². The highest BCUT2D eigenvalue weighted by atomic mass is 35.7. The molecule has 0 aliphatic heterocycles. The van der Waals surface area contributed by atoms with Gasteiger partial charge in [0.05, 0.1) is 4.90 Å². The highest BCUT2D eigenvalue weighted by Crippen LogP contribution is 2.19. The smallest absolute Gasteiger partial charge is 0.261 e. The van der Waals surface area contributed by atoms with Gasteiger partial charge in [-0.15, -0.1) is 0 Å². The summed E-state index contributed by atoms with van der Waals surface area (Å²) in [5.74, 6) is 0.424. The van der Waals surface area contributed by atoms with Crippen molar-refractivity contribution < 1.29 is 13.2 Å². The molecule has 0 radical (unpaired) electrons. The largest absolute Gasteiger partial charge is 0.476 e. The van der Waals surface area contributed by atoms with Crippen LogP contribution in [0.4, 0.5) is 0 Å². The Hall–Kier alpha value is -1.25. The molecule has 1 aromatic carbocycles. The Morgan fingerprint density at radius 1 is 1.40 bits per heavy atom. The molecular weight excluding hydrogens is 238 g/mol. The van der Waals surface area contributed by atoms with Crippen LogP contribution in [0.5, 0.6) is 5.75 Å². The summed E-state index contributed by atoms with van der Waals surface area (Å²) >= 11 is 0. The summed E-state index contributed by atoms with van der Waals surface area (Å²) in [5, 5.41) is 8.49. The zero-order valence-electron chi connectivity index (χ0n) is 7.84. The van der Waals surface area contributed by atoms with Gasteiger partial charge in [-0.1, -0.05) is 0 Å². The van der Waals surface area contributed by atoms with Crippen LogP contribution in [0.15, 0.2) is 29.2 Å². The minimum Gasteiger partial charge on any atom is -0.476 e. The molecule has 4 nitrogen and oxygen atoms in total. The monoisotopic (exact) mass is 245 g/mol. The van der Waals surface area contributed by atoms with Gasteiger partial charge in [0.1, 0.15) is 11.8 Å². The van der Waals surface area contributed by atoms with E-state index in [0.717, 1.165) is 0 Å². The lowest BCUT2D eigenvalue weighted by molar-refractivity contribution is 0.276. The third-order valence-corrected chi connectivity index (χ3v) is 2.97. The minimum atomic E-state index is -3.70. The van der Waals surface area contributed by atoms with E-state index < -0.39 is 15.2 Å². The number of halogens is 1. The summed E-state index contributed by atoms with van der Waals surface area (Å²) in [7, 11) is 1.42. The van der Waals surface area contributed by atoms with Crippen LogP contribution in [0.3, 0.4) is 0 Å². The van der Waals surface area contributed by atoms with Crippen molar-refractivity contribution >= 4 is 19.7 Å². The van der Waals surface area contributed by atoms with Gasteiger partial charge in [-0.3, -0.25) is 0 Å². The molecule has 15 heavy (non-hydrogen) atoms. The SMILES string of the molecule is CC(C#N)Oc1ccc(S(=O)(=O)Cl)cc1. The van der Waals surface area contributed by atoms with Crippen LogP contribution < -0.4 is 4.74 Å². The van der Waals surface area contributed by atoms with Crippen molar-refractivity contribution in [2.24, 2.45) is 0 Å². The van der Waals surface area contributed by atoms with Gasteiger partial charge in [-0.05, 0) is 31.2 Å². The maximum atomic E-state index is 10.9. The maximum absolute atomic E-state index is 10.9. The Morgan fingerprint density at radius 3 is 2.33 bits per heavy atom. The molecule has 0 aromatic heterocycles. The number of hydrogen-bond donors (Lipinski definition) is 0. The predicted octanol–water partition coefficient (Wildman–Crippen LogP) is 1.90. The van der Waals surface area contributed by atoms with E-state index >= 15 is 0 Å². The van der Waals surface area contributed by atoms with Crippen LogP contribution in [-0.2, 0) is 9.05 Å². The molecule has 1 atom stereocenters. The Morgan fingerprint density at radius 2 is 1.93 bits per heavy atom. The molecule has 0 spiro atoms. The number of hydrogen-bond acceptors (Lipinski definition) is 4. The molecule has 6 heteroatoms. The summed E-state index contributed by atoms with van der Waals surface area (Å²) < 4.78 is 26.9. The molecule has 80 valence electrons. The first-order valence-corrected chi connectivity index (χ1v) is 6.35. The van der Waals surface area contributed by atoms with Crippen molar-refractivity contribution in [2.75, 3.05) is 0 Å². The molecule has 0 heterocycles. The quantitative estimate of drug-likeness (QED) is 0.763. The van der Waals surface area contributed by atoms with Gasteiger partial charge < -0.3 is 4.74 Å².